The minimum atomic E-state index is -1.71. The van der Waals surface area contributed by atoms with Crippen molar-refractivity contribution in [2.75, 3.05) is 0 Å². The zero-order chi connectivity index (χ0) is 13.0. The average molecular weight is 242 g/mol. The van der Waals surface area contributed by atoms with E-state index in [4.69, 9.17) is 4.74 Å². The molecule has 0 saturated heterocycles. The summed E-state index contributed by atoms with van der Waals surface area (Å²) in [5.74, 6) is 9.84. The van der Waals surface area contributed by atoms with Crippen LogP contribution in [0.2, 0.25) is 0 Å². The van der Waals surface area contributed by atoms with Gasteiger partial charge in [0.25, 0.3) is 6.47 Å². The van der Waals surface area contributed by atoms with E-state index in [1.54, 1.807) is 6.08 Å². The second-order valence-corrected chi connectivity index (χ2v) is 3.89. The van der Waals surface area contributed by atoms with Gasteiger partial charge in [-0.2, -0.15) is 0 Å². The van der Waals surface area contributed by atoms with Gasteiger partial charge in [-0.05, 0) is 30.9 Å². The maximum absolute atomic E-state index is 12.1. The number of hydrogen-bond acceptors (Lipinski definition) is 4. The number of Topliss-reactive ketones (excluding diaryl/α,β-unsaturated/α-hetero) is 1. The lowest BCUT2D eigenvalue weighted by atomic mass is 9.81. The summed E-state index contributed by atoms with van der Waals surface area (Å²) in [7, 11) is 0. The van der Waals surface area contributed by atoms with E-state index < -0.39 is 17.5 Å². The molecule has 2 aliphatic carbocycles. The number of ether oxygens (including phenoxy) is 1. The van der Waals surface area contributed by atoms with Crippen LogP contribution in [-0.4, -0.2) is 29.1 Å². The quantitative estimate of drug-likeness (QED) is 0.552. The Bertz CT molecular complexity index is 562. The molecule has 0 spiro atoms. The third-order valence-corrected chi connectivity index (χ3v) is 2.73. The molecule has 18 heavy (non-hydrogen) atoms. The van der Waals surface area contributed by atoms with Crippen LogP contribution >= 0.6 is 0 Å². The molecule has 4 heteroatoms. The molecule has 0 radical (unpaired) electrons. The summed E-state index contributed by atoms with van der Waals surface area (Å²) in [6, 6.07) is 0. The zero-order valence-corrected chi connectivity index (χ0v) is 9.47. The highest BCUT2D eigenvalue weighted by molar-refractivity contribution is 6.06. The van der Waals surface area contributed by atoms with Gasteiger partial charge in [0.15, 0.2) is 11.7 Å². The molecule has 2 rings (SSSR count). The molecule has 1 N–H and O–H groups in total. The molecule has 0 amide bonds. The first-order chi connectivity index (χ1) is 8.67. The Hall–Kier alpha value is -2.30. The highest BCUT2D eigenvalue weighted by Gasteiger charge is 2.41. The molecule has 4 nitrogen and oxygen atoms in total. The fourth-order valence-corrected chi connectivity index (χ4v) is 1.84. The summed E-state index contributed by atoms with van der Waals surface area (Å²) < 4.78 is 4.78. The lowest BCUT2D eigenvalue weighted by Crippen LogP contribution is -2.43. The van der Waals surface area contributed by atoms with E-state index in [0.717, 1.165) is 0 Å². The van der Waals surface area contributed by atoms with Gasteiger partial charge in [-0.3, -0.25) is 9.59 Å². The fraction of sp³-hybridized carbons (Fsp3) is 0.286. The van der Waals surface area contributed by atoms with Crippen LogP contribution in [0.5, 0.6) is 0 Å². The van der Waals surface area contributed by atoms with Crippen molar-refractivity contribution in [3.8, 4) is 23.7 Å². The lowest BCUT2D eigenvalue weighted by Gasteiger charge is -2.27. The smallest absolute Gasteiger partial charge is 0.294 e. The molecule has 0 aliphatic heterocycles. The molecule has 0 aromatic rings. The first-order valence-electron chi connectivity index (χ1n) is 5.42. The van der Waals surface area contributed by atoms with Crippen molar-refractivity contribution in [3.05, 3.63) is 23.8 Å². The van der Waals surface area contributed by atoms with E-state index in [1.807, 2.05) is 0 Å². The van der Waals surface area contributed by atoms with Crippen molar-refractivity contribution in [1.29, 1.82) is 0 Å². The molecular weight excluding hydrogens is 232 g/mol. The van der Waals surface area contributed by atoms with Crippen molar-refractivity contribution >= 4 is 12.3 Å². The molecule has 90 valence electrons. The number of aliphatic hydroxyl groups is 1. The summed E-state index contributed by atoms with van der Waals surface area (Å²) in [5.41, 5.74) is -1.52. The Labute approximate surface area is 104 Å². The molecule has 0 aromatic heterocycles. The number of rotatable bonds is 2. The molecule has 0 aromatic carbocycles. The van der Waals surface area contributed by atoms with E-state index in [2.05, 4.69) is 23.7 Å². The van der Waals surface area contributed by atoms with Gasteiger partial charge in [0.05, 0.1) is 0 Å². The van der Waals surface area contributed by atoms with Crippen LogP contribution in [0, 0.1) is 23.7 Å². The van der Waals surface area contributed by atoms with Gasteiger partial charge in [-0.15, -0.1) is 0 Å². The molecule has 2 atom stereocenters. The van der Waals surface area contributed by atoms with Crippen molar-refractivity contribution in [2.24, 2.45) is 0 Å². The first kappa shape index (κ1) is 12.2. The summed E-state index contributed by atoms with van der Waals surface area (Å²) >= 11 is 0. The van der Waals surface area contributed by atoms with Gasteiger partial charge in [-0.25, -0.2) is 0 Å². The molecule has 0 fully saturated rings. The second-order valence-electron chi connectivity index (χ2n) is 3.89. The van der Waals surface area contributed by atoms with E-state index in [9.17, 15) is 14.7 Å². The van der Waals surface area contributed by atoms with E-state index in [1.165, 1.54) is 12.2 Å². The van der Waals surface area contributed by atoms with E-state index in [0.29, 0.717) is 6.42 Å². The van der Waals surface area contributed by atoms with Crippen LogP contribution in [0.1, 0.15) is 12.8 Å². The van der Waals surface area contributed by atoms with Crippen molar-refractivity contribution in [1.82, 2.24) is 0 Å². The topological polar surface area (TPSA) is 63.6 Å². The normalized spacial score (nSPS) is 30.8. The van der Waals surface area contributed by atoms with Crippen LogP contribution in [0.4, 0.5) is 0 Å². The van der Waals surface area contributed by atoms with Gasteiger partial charge in [0.2, 0.25) is 5.78 Å². The molecule has 0 heterocycles. The number of hydrogen-bond donors (Lipinski definition) is 1. The number of carbonyl (C=O) groups is 2. The summed E-state index contributed by atoms with van der Waals surface area (Å²) in [6.07, 6.45) is 4.31. The first-order valence-corrected chi connectivity index (χ1v) is 5.42. The van der Waals surface area contributed by atoms with Crippen LogP contribution < -0.4 is 0 Å². The maximum atomic E-state index is 12.1. The van der Waals surface area contributed by atoms with Crippen LogP contribution in [0.3, 0.4) is 0 Å². The maximum Gasteiger partial charge on any atom is 0.294 e. The molecule has 2 bridgehead atoms. The fourth-order valence-electron chi connectivity index (χ4n) is 1.84. The third-order valence-electron chi connectivity index (χ3n) is 2.73. The number of fused-ring (bicyclic) bond motifs is 2. The number of carbonyl (C=O) groups excluding carboxylic acids is 2. The largest absolute Gasteiger partial charge is 0.446 e. The van der Waals surface area contributed by atoms with Crippen molar-refractivity contribution < 1.29 is 19.4 Å². The lowest BCUT2D eigenvalue weighted by molar-refractivity contribution is -0.134. The van der Waals surface area contributed by atoms with Gasteiger partial charge in [0, 0.05) is 5.57 Å². The summed E-state index contributed by atoms with van der Waals surface area (Å²) in [6.45, 7) is 0.238. The van der Waals surface area contributed by atoms with Gasteiger partial charge >= 0.3 is 0 Å². The van der Waals surface area contributed by atoms with Crippen LogP contribution in [-0.2, 0) is 14.3 Å². The third kappa shape index (κ3) is 2.20. The molecular formula is C14H10O4. The Kier molecular flexibility index (Phi) is 3.32. The SMILES string of the molecule is O=COC1C#C/C=C/C#CC2(O)CCC=C1C2=O. The standard InChI is InChI=1S/C14H10O4/c15-10-18-12-7-3-1-2-4-8-14(17)9-5-6-11(12)13(14)16/h1-2,6,10,12,17H,5,9H2/b2-1+. The van der Waals surface area contributed by atoms with Crippen LogP contribution in [0.15, 0.2) is 23.8 Å². The Morgan fingerprint density at radius 1 is 1.44 bits per heavy atom. The number of allylic oxidation sites excluding steroid dienone is 3. The van der Waals surface area contributed by atoms with Crippen LogP contribution in [0.25, 0.3) is 0 Å². The minimum absolute atomic E-state index is 0.188. The minimum Gasteiger partial charge on any atom is -0.446 e. The second kappa shape index (κ2) is 4.91. The highest BCUT2D eigenvalue weighted by Crippen LogP contribution is 2.27. The predicted octanol–water partition coefficient (Wildman–Crippen LogP) is 0.125. The molecule has 0 saturated carbocycles. The zero-order valence-electron chi connectivity index (χ0n) is 9.47. The average Bonchev–Trinajstić information content (AvgIpc) is 2.35. The Morgan fingerprint density at radius 2 is 2.22 bits per heavy atom. The highest BCUT2D eigenvalue weighted by atomic mass is 16.5. The van der Waals surface area contributed by atoms with E-state index in [-0.39, 0.29) is 18.5 Å². The summed E-state index contributed by atoms with van der Waals surface area (Å²) in [5, 5.41) is 10.2. The van der Waals surface area contributed by atoms with Gasteiger partial charge < -0.3 is 9.84 Å². The van der Waals surface area contributed by atoms with Crippen molar-refractivity contribution in [3.63, 3.8) is 0 Å². The monoisotopic (exact) mass is 242 g/mol. The Morgan fingerprint density at radius 3 is 3.00 bits per heavy atom. The van der Waals surface area contributed by atoms with E-state index >= 15 is 0 Å². The summed E-state index contributed by atoms with van der Waals surface area (Å²) in [4.78, 5) is 22.6. The van der Waals surface area contributed by atoms with Crippen molar-refractivity contribution in [2.45, 2.75) is 24.5 Å². The predicted molar refractivity (Wildman–Crippen MR) is 62.9 cm³/mol. The van der Waals surface area contributed by atoms with Gasteiger partial charge in [0.1, 0.15) is 0 Å². The van der Waals surface area contributed by atoms with Gasteiger partial charge in [-0.1, -0.05) is 23.8 Å². The Balaban J connectivity index is 2.50. The number of ketones is 1. The molecule has 2 unspecified atom stereocenters. The molecule has 2 aliphatic rings.